The molecule has 0 saturated heterocycles. The average Bonchev–Trinajstić information content (AvgIpc) is 2.94. The third-order valence-corrected chi connectivity index (χ3v) is 5.05. The molecule has 3 aromatic rings. The predicted octanol–water partition coefficient (Wildman–Crippen LogP) is 3.04. The van der Waals surface area contributed by atoms with E-state index in [-0.39, 0.29) is 12.2 Å². The molecule has 0 atom stereocenters. The number of hydrogen-bond acceptors (Lipinski definition) is 6. The summed E-state index contributed by atoms with van der Waals surface area (Å²) in [4.78, 5) is 14.5. The maximum Gasteiger partial charge on any atom is 0.534 e. The monoisotopic (exact) mass is 430 g/mol. The first-order valence-electron chi connectivity index (χ1n) is 8.36. The van der Waals surface area contributed by atoms with Crippen LogP contribution in [0.5, 0.6) is 5.75 Å². The summed E-state index contributed by atoms with van der Waals surface area (Å²) in [6.45, 7) is 0.672. The van der Waals surface area contributed by atoms with Gasteiger partial charge in [0.1, 0.15) is 6.61 Å². The lowest BCUT2D eigenvalue weighted by Gasteiger charge is -2.11. The van der Waals surface area contributed by atoms with Crippen molar-refractivity contribution in [2.75, 3.05) is 27.2 Å². The van der Waals surface area contributed by atoms with E-state index in [9.17, 15) is 26.4 Å². The van der Waals surface area contributed by atoms with E-state index in [0.717, 1.165) is 12.3 Å². The summed E-state index contributed by atoms with van der Waals surface area (Å²) in [5, 5.41) is 0.512. The summed E-state index contributed by atoms with van der Waals surface area (Å²) < 4.78 is 71.2. The SMILES string of the molecule is CN(C)CCOC(=O)c1c2ccccc2n2cc(OS(=O)(=O)C(F)(F)F)ccc12. The molecule has 0 aliphatic rings. The van der Waals surface area contributed by atoms with Crippen molar-refractivity contribution in [1.29, 1.82) is 0 Å². The van der Waals surface area contributed by atoms with E-state index in [4.69, 9.17) is 4.74 Å². The van der Waals surface area contributed by atoms with Crippen molar-refractivity contribution in [2.45, 2.75) is 5.51 Å². The third-order valence-electron chi connectivity index (χ3n) is 4.08. The molecule has 0 saturated carbocycles. The largest absolute Gasteiger partial charge is 0.534 e. The second-order valence-corrected chi connectivity index (χ2v) is 7.97. The number of likely N-dealkylation sites (N-methyl/N-ethyl adjacent to an activating group) is 1. The molecular formula is C18H17F3N2O5S. The highest BCUT2D eigenvalue weighted by molar-refractivity contribution is 7.88. The first-order chi connectivity index (χ1) is 13.5. The number of aromatic nitrogens is 1. The minimum absolute atomic E-state index is 0.155. The zero-order valence-corrected chi connectivity index (χ0v) is 16.2. The van der Waals surface area contributed by atoms with Gasteiger partial charge in [-0.25, -0.2) is 4.79 Å². The second kappa shape index (κ2) is 7.56. The molecule has 0 bridgehead atoms. The molecule has 29 heavy (non-hydrogen) atoms. The van der Waals surface area contributed by atoms with Gasteiger partial charge < -0.3 is 18.2 Å². The summed E-state index contributed by atoms with van der Waals surface area (Å²) in [7, 11) is -2.16. The molecule has 0 radical (unpaired) electrons. The van der Waals surface area contributed by atoms with Crippen LogP contribution in [0.1, 0.15) is 10.4 Å². The highest BCUT2D eigenvalue weighted by Crippen LogP contribution is 2.31. The maximum atomic E-state index is 12.6. The molecule has 0 aliphatic heterocycles. The number of hydrogen-bond donors (Lipinski definition) is 0. The van der Waals surface area contributed by atoms with Gasteiger partial charge >= 0.3 is 21.6 Å². The quantitative estimate of drug-likeness (QED) is 0.340. The van der Waals surface area contributed by atoms with Crippen LogP contribution in [0.2, 0.25) is 0 Å². The van der Waals surface area contributed by atoms with E-state index < -0.39 is 27.3 Å². The number of benzene rings is 1. The number of nitrogens with zero attached hydrogens (tertiary/aromatic N) is 2. The first kappa shape index (κ1) is 20.9. The summed E-state index contributed by atoms with van der Waals surface area (Å²) in [6.07, 6.45) is 1.08. The number of alkyl halides is 3. The number of fused-ring (bicyclic) bond motifs is 3. The number of ether oxygens (including phenoxy) is 1. The normalized spacial score (nSPS) is 12.6. The second-order valence-electron chi connectivity index (χ2n) is 6.43. The molecule has 1 aromatic carbocycles. The van der Waals surface area contributed by atoms with Crippen LogP contribution in [0.15, 0.2) is 42.6 Å². The maximum absolute atomic E-state index is 12.6. The van der Waals surface area contributed by atoms with Crippen LogP contribution in [0, 0.1) is 0 Å². The third kappa shape index (κ3) is 4.15. The van der Waals surface area contributed by atoms with E-state index in [2.05, 4.69) is 4.18 Å². The highest BCUT2D eigenvalue weighted by atomic mass is 32.2. The average molecular weight is 430 g/mol. The molecule has 3 rings (SSSR count). The van der Waals surface area contributed by atoms with Crippen LogP contribution in [0.25, 0.3) is 16.4 Å². The summed E-state index contributed by atoms with van der Waals surface area (Å²) in [5.74, 6) is -1.13. The Morgan fingerprint density at radius 1 is 1.10 bits per heavy atom. The van der Waals surface area contributed by atoms with Crippen molar-refractivity contribution in [3.05, 3.63) is 48.2 Å². The van der Waals surface area contributed by atoms with E-state index in [1.165, 1.54) is 10.5 Å². The van der Waals surface area contributed by atoms with Gasteiger partial charge in [0.15, 0.2) is 5.75 Å². The number of pyridine rings is 1. The van der Waals surface area contributed by atoms with Crippen molar-refractivity contribution in [3.63, 3.8) is 0 Å². The van der Waals surface area contributed by atoms with Crippen LogP contribution in [-0.4, -0.2) is 56.4 Å². The summed E-state index contributed by atoms with van der Waals surface area (Å²) >= 11 is 0. The molecule has 11 heteroatoms. The molecule has 156 valence electrons. The fraction of sp³-hybridized carbons (Fsp3) is 0.278. The lowest BCUT2D eigenvalue weighted by Crippen LogP contribution is -2.28. The van der Waals surface area contributed by atoms with Crippen molar-refractivity contribution in [2.24, 2.45) is 0 Å². The van der Waals surface area contributed by atoms with Gasteiger partial charge in [-0.05, 0) is 32.3 Å². The molecule has 0 N–H and O–H groups in total. The Bertz CT molecular complexity index is 1170. The number of carbonyl (C=O) groups is 1. The van der Waals surface area contributed by atoms with E-state index in [1.807, 2.05) is 19.0 Å². The van der Waals surface area contributed by atoms with Gasteiger partial charge in [-0.3, -0.25) is 0 Å². The van der Waals surface area contributed by atoms with Crippen molar-refractivity contribution in [1.82, 2.24) is 9.30 Å². The molecule has 7 nitrogen and oxygen atoms in total. The minimum atomic E-state index is -5.81. The summed E-state index contributed by atoms with van der Waals surface area (Å²) in [6, 6.07) is 9.04. The van der Waals surface area contributed by atoms with Gasteiger partial charge in [0.05, 0.1) is 22.8 Å². The molecule has 0 spiro atoms. The topological polar surface area (TPSA) is 77.3 Å². The standard InChI is InChI=1S/C18H17F3N2O5S/c1-22(2)9-10-27-17(24)16-13-5-3-4-6-14(13)23-11-12(7-8-15(16)23)28-29(25,26)18(19,20)21/h3-8,11H,9-10H2,1-2H3. The first-order valence-corrected chi connectivity index (χ1v) is 9.77. The van der Waals surface area contributed by atoms with Crippen LogP contribution < -0.4 is 4.18 Å². The highest BCUT2D eigenvalue weighted by Gasteiger charge is 2.48. The van der Waals surface area contributed by atoms with E-state index in [1.54, 1.807) is 24.3 Å². The summed E-state index contributed by atoms with van der Waals surface area (Å²) in [5.41, 5.74) is -4.50. The van der Waals surface area contributed by atoms with Crippen LogP contribution >= 0.6 is 0 Å². The molecule has 0 amide bonds. The Hall–Kier alpha value is -2.79. The lowest BCUT2D eigenvalue weighted by atomic mass is 10.1. The van der Waals surface area contributed by atoms with Crippen LogP contribution in [-0.2, 0) is 14.9 Å². The fourth-order valence-electron chi connectivity index (χ4n) is 2.75. The van der Waals surface area contributed by atoms with Gasteiger partial charge in [0, 0.05) is 11.9 Å². The lowest BCUT2D eigenvalue weighted by molar-refractivity contribution is -0.0500. The Balaban J connectivity index is 2.06. The Labute approximate surface area is 164 Å². The Kier molecular flexibility index (Phi) is 5.46. The van der Waals surface area contributed by atoms with E-state index in [0.29, 0.717) is 23.0 Å². The number of esters is 1. The van der Waals surface area contributed by atoms with Crippen molar-refractivity contribution < 1.29 is 35.3 Å². The van der Waals surface area contributed by atoms with Gasteiger partial charge in [-0.2, -0.15) is 21.6 Å². The number of halogens is 3. The number of carbonyl (C=O) groups excluding carboxylic acids is 1. The smallest absolute Gasteiger partial charge is 0.461 e. The molecule has 2 aromatic heterocycles. The predicted molar refractivity (Wildman–Crippen MR) is 99.3 cm³/mol. The Morgan fingerprint density at radius 3 is 2.45 bits per heavy atom. The molecule has 2 heterocycles. The van der Waals surface area contributed by atoms with Crippen LogP contribution in [0.4, 0.5) is 13.2 Å². The molecule has 0 aliphatic carbocycles. The van der Waals surface area contributed by atoms with E-state index >= 15 is 0 Å². The zero-order valence-electron chi connectivity index (χ0n) is 15.4. The van der Waals surface area contributed by atoms with Crippen molar-refractivity contribution in [3.8, 4) is 5.75 Å². The number of para-hydroxylation sites is 1. The van der Waals surface area contributed by atoms with Gasteiger partial charge in [-0.15, -0.1) is 0 Å². The number of rotatable bonds is 6. The fourth-order valence-corrected chi connectivity index (χ4v) is 3.19. The minimum Gasteiger partial charge on any atom is -0.461 e. The van der Waals surface area contributed by atoms with Gasteiger partial charge in [0.2, 0.25) is 0 Å². The zero-order chi connectivity index (χ0) is 21.4. The van der Waals surface area contributed by atoms with Crippen molar-refractivity contribution >= 4 is 32.5 Å². The molecular weight excluding hydrogens is 413 g/mol. The van der Waals surface area contributed by atoms with Gasteiger partial charge in [0.25, 0.3) is 0 Å². The van der Waals surface area contributed by atoms with Gasteiger partial charge in [-0.1, -0.05) is 18.2 Å². The van der Waals surface area contributed by atoms with Crippen LogP contribution in [0.3, 0.4) is 0 Å². The molecule has 0 unspecified atom stereocenters. The Morgan fingerprint density at radius 2 is 1.79 bits per heavy atom. The molecule has 0 fully saturated rings.